The fraction of sp³-hybridized carbons (Fsp3) is 0.909. The highest BCUT2D eigenvalue weighted by Crippen LogP contribution is 2.62. The number of cyclic esters (lactones) is 1. The van der Waals surface area contributed by atoms with Gasteiger partial charge in [-0.15, -0.1) is 0 Å². The molecule has 1 N–H and O–H groups in total. The van der Waals surface area contributed by atoms with Crippen molar-refractivity contribution in [2.75, 3.05) is 6.61 Å². The van der Waals surface area contributed by atoms with Crippen LogP contribution in [0.25, 0.3) is 0 Å². The molecule has 0 aromatic rings. The van der Waals surface area contributed by atoms with Crippen molar-refractivity contribution in [3.63, 3.8) is 0 Å². The van der Waals surface area contributed by atoms with E-state index in [1.54, 1.807) is 0 Å². The van der Waals surface area contributed by atoms with Gasteiger partial charge in [0.25, 0.3) is 0 Å². The Morgan fingerprint density at radius 3 is 2.57 bits per heavy atom. The Morgan fingerprint density at radius 1 is 1.36 bits per heavy atom. The minimum atomic E-state index is -0.217. The van der Waals surface area contributed by atoms with Crippen LogP contribution in [-0.2, 0) is 4.74 Å². The van der Waals surface area contributed by atoms with Crippen molar-refractivity contribution in [2.24, 2.45) is 17.3 Å². The van der Waals surface area contributed by atoms with Crippen LogP contribution in [0.15, 0.2) is 0 Å². The first-order valence-corrected chi connectivity index (χ1v) is 5.51. The van der Waals surface area contributed by atoms with Crippen molar-refractivity contribution in [3.05, 3.63) is 0 Å². The van der Waals surface area contributed by atoms with Gasteiger partial charge in [0.1, 0.15) is 6.61 Å². The lowest BCUT2D eigenvalue weighted by molar-refractivity contribution is 0.0550. The fourth-order valence-electron chi connectivity index (χ4n) is 3.98. The molecule has 1 aliphatic heterocycles. The second-order valence-electron chi connectivity index (χ2n) is 5.60. The number of rotatable bonds is 0. The molecule has 1 amide bonds. The Balaban J connectivity index is 2.02. The Morgan fingerprint density at radius 2 is 2.07 bits per heavy atom. The van der Waals surface area contributed by atoms with Crippen LogP contribution >= 0.6 is 0 Å². The molecule has 1 saturated heterocycles. The largest absolute Gasteiger partial charge is 0.447 e. The molecule has 2 bridgehead atoms. The smallest absolute Gasteiger partial charge is 0.407 e. The maximum absolute atomic E-state index is 11.2. The normalized spacial score (nSPS) is 48.3. The average molecular weight is 195 g/mol. The van der Waals surface area contributed by atoms with Crippen molar-refractivity contribution in [1.82, 2.24) is 5.32 Å². The molecule has 0 aromatic heterocycles. The van der Waals surface area contributed by atoms with E-state index < -0.39 is 0 Å². The van der Waals surface area contributed by atoms with Gasteiger partial charge in [-0.1, -0.05) is 13.8 Å². The second kappa shape index (κ2) is 2.26. The molecule has 3 aliphatic rings. The summed E-state index contributed by atoms with van der Waals surface area (Å²) in [4.78, 5) is 11.2. The van der Waals surface area contributed by atoms with Gasteiger partial charge in [0, 0.05) is 0 Å². The number of fused-ring (bicyclic) bond motifs is 3. The summed E-state index contributed by atoms with van der Waals surface area (Å²) < 4.78 is 5.13. The molecule has 3 nitrogen and oxygen atoms in total. The summed E-state index contributed by atoms with van der Waals surface area (Å²) in [7, 11) is 0. The molecule has 0 aromatic carbocycles. The van der Waals surface area contributed by atoms with Crippen molar-refractivity contribution < 1.29 is 9.53 Å². The zero-order valence-corrected chi connectivity index (χ0v) is 8.80. The number of carbonyl (C=O) groups is 1. The van der Waals surface area contributed by atoms with E-state index in [-0.39, 0.29) is 17.0 Å². The van der Waals surface area contributed by atoms with Crippen LogP contribution in [0.4, 0.5) is 4.79 Å². The number of carbonyl (C=O) groups excluding carboxylic acids is 1. The van der Waals surface area contributed by atoms with E-state index in [9.17, 15) is 4.79 Å². The topological polar surface area (TPSA) is 38.3 Å². The Kier molecular flexibility index (Phi) is 1.38. The van der Waals surface area contributed by atoms with Crippen LogP contribution < -0.4 is 5.32 Å². The van der Waals surface area contributed by atoms with Crippen LogP contribution in [0.2, 0.25) is 0 Å². The number of ether oxygens (including phenoxy) is 1. The number of nitrogens with one attached hydrogen (secondary N) is 1. The lowest BCUT2D eigenvalue weighted by atomic mass is 9.64. The molecule has 1 heterocycles. The summed E-state index contributed by atoms with van der Waals surface area (Å²) in [5.74, 6) is 1.42. The van der Waals surface area contributed by atoms with Gasteiger partial charge in [0.05, 0.1) is 5.54 Å². The first kappa shape index (κ1) is 8.57. The van der Waals surface area contributed by atoms with Gasteiger partial charge in [0.2, 0.25) is 0 Å². The number of alkyl carbamates (subject to hydrolysis) is 1. The standard InChI is InChI=1S/C11H17NO2/c1-10(2)7-3-4-8(5-7)11(10)6-14-9(13)12-11/h7-8H,3-6H2,1-2H3,(H,12,13)/t7-,8+,11+/m0/s1. The minimum Gasteiger partial charge on any atom is -0.447 e. The van der Waals surface area contributed by atoms with E-state index in [1.165, 1.54) is 19.3 Å². The van der Waals surface area contributed by atoms with Gasteiger partial charge in [0.15, 0.2) is 0 Å². The highest BCUT2D eigenvalue weighted by Gasteiger charge is 2.66. The molecular weight excluding hydrogens is 178 g/mol. The lowest BCUT2D eigenvalue weighted by Crippen LogP contribution is -2.58. The first-order chi connectivity index (χ1) is 6.56. The molecule has 3 atom stereocenters. The van der Waals surface area contributed by atoms with Crippen molar-refractivity contribution >= 4 is 6.09 Å². The molecule has 1 spiro atoms. The summed E-state index contributed by atoms with van der Waals surface area (Å²) in [6.07, 6.45) is 3.65. The van der Waals surface area contributed by atoms with Crippen molar-refractivity contribution in [1.29, 1.82) is 0 Å². The van der Waals surface area contributed by atoms with Gasteiger partial charge in [-0.05, 0) is 36.5 Å². The monoisotopic (exact) mass is 195 g/mol. The maximum Gasteiger partial charge on any atom is 0.407 e. The molecular formula is C11H17NO2. The molecule has 2 aliphatic carbocycles. The predicted molar refractivity (Wildman–Crippen MR) is 51.8 cm³/mol. The Bertz CT molecular complexity index is 300. The van der Waals surface area contributed by atoms with Crippen molar-refractivity contribution in [2.45, 2.75) is 38.6 Å². The van der Waals surface area contributed by atoms with Crippen LogP contribution in [0, 0.1) is 17.3 Å². The van der Waals surface area contributed by atoms with Crippen LogP contribution in [0.1, 0.15) is 33.1 Å². The quantitative estimate of drug-likeness (QED) is 0.641. The summed E-state index contributed by atoms with van der Waals surface area (Å²) in [5.41, 5.74) is 0.162. The molecule has 3 rings (SSSR count). The molecule has 3 heteroatoms. The van der Waals surface area contributed by atoms with Gasteiger partial charge in [-0.3, -0.25) is 0 Å². The highest BCUT2D eigenvalue weighted by atomic mass is 16.6. The number of hydrogen-bond donors (Lipinski definition) is 1. The zero-order valence-electron chi connectivity index (χ0n) is 8.80. The third-order valence-electron chi connectivity index (χ3n) is 5.06. The lowest BCUT2D eigenvalue weighted by Gasteiger charge is -2.45. The summed E-state index contributed by atoms with van der Waals surface area (Å²) in [6.45, 7) is 5.15. The zero-order chi connectivity index (χ0) is 9.97. The number of amides is 1. The van der Waals surface area contributed by atoms with Crippen LogP contribution in [0.5, 0.6) is 0 Å². The van der Waals surface area contributed by atoms with E-state index in [0.29, 0.717) is 12.5 Å². The molecule has 2 saturated carbocycles. The Labute approximate surface area is 84.2 Å². The summed E-state index contributed by atoms with van der Waals surface area (Å²) >= 11 is 0. The fourth-order valence-corrected chi connectivity index (χ4v) is 3.98. The second-order valence-corrected chi connectivity index (χ2v) is 5.60. The van der Waals surface area contributed by atoms with Gasteiger partial charge >= 0.3 is 6.09 Å². The molecule has 78 valence electrons. The SMILES string of the molecule is CC1(C)[C@H]2CC[C@H](C2)[C@]12COC(=O)N2. The first-order valence-electron chi connectivity index (χ1n) is 5.51. The highest BCUT2D eigenvalue weighted by molar-refractivity contribution is 5.71. The summed E-state index contributed by atoms with van der Waals surface area (Å²) in [5, 5.41) is 3.09. The van der Waals surface area contributed by atoms with Crippen molar-refractivity contribution in [3.8, 4) is 0 Å². The van der Waals surface area contributed by atoms with E-state index in [0.717, 1.165) is 5.92 Å². The van der Waals surface area contributed by atoms with Gasteiger partial charge in [-0.2, -0.15) is 0 Å². The molecule has 3 fully saturated rings. The van der Waals surface area contributed by atoms with Gasteiger partial charge < -0.3 is 10.1 Å². The van der Waals surface area contributed by atoms with Crippen LogP contribution in [-0.4, -0.2) is 18.2 Å². The average Bonchev–Trinajstić information content (AvgIpc) is 2.72. The minimum absolute atomic E-state index is 0.0486. The third kappa shape index (κ3) is 0.733. The van der Waals surface area contributed by atoms with Crippen LogP contribution in [0.3, 0.4) is 0 Å². The molecule has 0 unspecified atom stereocenters. The van der Waals surface area contributed by atoms with E-state index in [2.05, 4.69) is 19.2 Å². The van der Waals surface area contributed by atoms with E-state index in [1.807, 2.05) is 0 Å². The van der Waals surface area contributed by atoms with E-state index >= 15 is 0 Å². The molecule has 0 radical (unpaired) electrons. The van der Waals surface area contributed by atoms with E-state index in [4.69, 9.17) is 4.74 Å². The maximum atomic E-state index is 11.2. The summed E-state index contributed by atoms with van der Waals surface area (Å²) in [6, 6.07) is 0. The Hall–Kier alpha value is -0.730. The number of hydrogen-bond acceptors (Lipinski definition) is 2. The predicted octanol–water partition coefficient (Wildman–Crippen LogP) is 1.92. The van der Waals surface area contributed by atoms with Gasteiger partial charge in [-0.25, -0.2) is 4.79 Å². The third-order valence-corrected chi connectivity index (χ3v) is 5.06. The molecule has 14 heavy (non-hydrogen) atoms.